The molecule has 8 nitrogen and oxygen atoms in total. The lowest BCUT2D eigenvalue weighted by Crippen LogP contribution is -2.49. The molecule has 3 aliphatic rings. The van der Waals surface area contributed by atoms with E-state index in [9.17, 15) is 9.59 Å². The van der Waals surface area contributed by atoms with Gasteiger partial charge in [0.15, 0.2) is 10.3 Å². The van der Waals surface area contributed by atoms with Gasteiger partial charge in [0.1, 0.15) is 0 Å². The Labute approximate surface area is 257 Å². The number of hydrogen-bond acceptors (Lipinski definition) is 8. The van der Waals surface area contributed by atoms with Crippen molar-refractivity contribution >= 4 is 69.2 Å². The topological polar surface area (TPSA) is 71.8 Å². The molecule has 5 rings (SSSR count). The van der Waals surface area contributed by atoms with Gasteiger partial charge in [-0.1, -0.05) is 24.3 Å². The molecule has 2 amide bonds. The fraction of sp³-hybridized carbons (Fsp3) is 0.375. The first-order valence-electron chi connectivity index (χ1n) is 14.7. The summed E-state index contributed by atoms with van der Waals surface area (Å²) in [6.45, 7) is 15.3. The Morgan fingerprint density at radius 2 is 0.952 bits per heavy atom. The van der Waals surface area contributed by atoms with Crippen LogP contribution in [0.1, 0.15) is 38.8 Å². The number of amides is 2. The Morgan fingerprint density at radius 3 is 1.26 bits per heavy atom. The molecule has 1 saturated heterocycles. The van der Waals surface area contributed by atoms with Crippen LogP contribution in [-0.4, -0.2) is 84.3 Å². The summed E-state index contributed by atoms with van der Waals surface area (Å²) >= 11 is 2.87. The van der Waals surface area contributed by atoms with E-state index >= 15 is 0 Å². The molecule has 2 aromatic carbocycles. The fourth-order valence-corrected chi connectivity index (χ4v) is 7.13. The number of nitrogens with zero attached hydrogens (tertiary/aromatic N) is 6. The third kappa shape index (κ3) is 6.76. The molecule has 0 N–H and O–H groups in total. The van der Waals surface area contributed by atoms with Crippen molar-refractivity contribution in [2.45, 2.75) is 27.7 Å². The zero-order valence-corrected chi connectivity index (χ0v) is 26.4. The van der Waals surface area contributed by atoms with Gasteiger partial charge in [0.25, 0.3) is 11.8 Å². The van der Waals surface area contributed by atoms with Crippen molar-refractivity contribution in [3.8, 4) is 0 Å². The van der Waals surface area contributed by atoms with Crippen molar-refractivity contribution in [3.63, 3.8) is 0 Å². The molecule has 2 aromatic rings. The summed E-state index contributed by atoms with van der Waals surface area (Å²) in [4.78, 5) is 44.3. The summed E-state index contributed by atoms with van der Waals surface area (Å²) in [7, 11) is 0. The van der Waals surface area contributed by atoms with E-state index < -0.39 is 0 Å². The fourth-order valence-electron chi connectivity index (χ4n) is 5.20. The largest absolute Gasteiger partial charge is 0.372 e. The van der Waals surface area contributed by atoms with Gasteiger partial charge in [-0.3, -0.25) is 9.59 Å². The van der Waals surface area contributed by atoms with Crippen LogP contribution in [0.2, 0.25) is 0 Å². The summed E-state index contributed by atoms with van der Waals surface area (Å²) in [5.74, 6) is -0.377. The monoisotopic (exact) mass is 602 g/mol. The zero-order chi connectivity index (χ0) is 29.6. The first-order valence-corrected chi connectivity index (χ1v) is 16.3. The maximum Gasteiger partial charge on any atom is 0.286 e. The van der Waals surface area contributed by atoms with Gasteiger partial charge in [-0.05, 0) is 98.8 Å². The van der Waals surface area contributed by atoms with E-state index in [1.807, 2.05) is 12.2 Å². The summed E-state index contributed by atoms with van der Waals surface area (Å²) in [6, 6.07) is 16.6. The van der Waals surface area contributed by atoms with Crippen LogP contribution in [0.25, 0.3) is 12.2 Å². The quantitative estimate of drug-likeness (QED) is 0.360. The number of rotatable bonds is 8. The van der Waals surface area contributed by atoms with Gasteiger partial charge >= 0.3 is 0 Å². The molecule has 0 unspecified atom stereocenters. The molecule has 42 heavy (non-hydrogen) atoms. The van der Waals surface area contributed by atoms with E-state index in [2.05, 4.69) is 106 Å². The van der Waals surface area contributed by atoms with Crippen molar-refractivity contribution < 1.29 is 9.59 Å². The number of thioether (sulfide) groups is 2. The summed E-state index contributed by atoms with van der Waals surface area (Å²) in [6.07, 6.45) is 3.85. The summed E-state index contributed by atoms with van der Waals surface area (Å²) in [5.41, 5.74) is 4.35. The second-order valence-corrected chi connectivity index (χ2v) is 12.1. The molecule has 0 radical (unpaired) electrons. The molecule has 3 aliphatic heterocycles. The molecule has 0 spiro atoms. The normalized spacial score (nSPS) is 19.1. The Bertz CT molecular complexity index is 1310. The highest BCUT2D eigenvalue weighted by molar-refractivity contribution is 8.18. The number of carbonyl (C=O) groups excluding carboxylic acids is 2. The molecular weight excluding hydrogens is 565 g/mol. The minimum Gasteiger partial charge on any atom is -0.372 e. The molecule has 220 valence electrons. The summed E-state index contributed by atoms with van der Waals surface area (Å²) < 4.78 is 0. The molecule has 0 atom stereocenters. The highest BCUT2D eigenvalue weighted by atomic mass is 32.2. The highest BCUT2D eigenvalue weighted by Gasteiger charge is 2.32. The lowest BCUT2D eigenvalue weighted by atomic mass is 10.2. The SMILES string of the molecule is CCN(CC)c1ccc(/C=C2/SC(N3CCN(C4=NC(=O)/C(=C\c5ccc(N(CC)CC)cc5)S4)CC3)=NC2=O)cc1. The average Bonchev–Trinajstić information content (AvgIpc) is 3.57. The van der Waals surface area contributed by atoms with Crippen LogP contribution in [0.3, 0.4) is 0 Å². The predicted molar refractivity (Wildman–Crippen MR) is 179 cm³/mol. The van der Waals surface area contributed by atoms with E-state index in [0.717, 1.165) is 47.6 Å². The Hall–Kier alpha value is -3.50. The van der Waals surface area contributed by atoms with E-state index in [1.165, 1.54) is 34.9 Å². The lowest BCUT2D eigenvalue weighted by Gasteiger charge is -2.35. The second-order valence-electron chi connectivity index (χ2n) is 10.1. The minimum atomic E-state index is -0.188. The van der Waals surface area contributed by atoms with Gasteiger partial charge in [-0.2, -0.15) is 9.98 Å². The van der Waals surface area contributed by atoms with Gasteiger partial charge in [-0.25, -0.2) is 0 Å². The number of hydrogen-bond donors (Lipinski definition) is 0. The lowest BCUT2D eigenvalue weighted by molar-refractivity contribution is -0.114. The molecule has 0 aromatic heterocycles. The molecule has 1 fully saturated rings. The maximum absolute atomic E-state index is 12.7. The van der Waals surface area contributed by atoms with Crippen molar-refractivity contribution in [3.05, 3.63) is 69.5 Å². The zero-order valence-electron chi connectivity index (χ0n) is 24.7. The Balaban J connectivity index is 1.15. The Kier molecular flexibility index (Phi) is 9.74. The smallest absolute Gasteiger partial charge is 0.286 e. The Morgan fingerprint density at radius 1 is 0.619 bits per heavy atom. The first kappa shape index (κ1) is 30.0. The van der Waals surface area contributed by atoms with Gasteiger partial charge in [0, 0.05) is 63.7 Å². The van der Waals surface area contributed by atoms with Crippen molar-refractivity contribution in [1.82, 2.24) is 9.80 Å². The van der Waals surface area contributed by atoms with Gasteiger partial charge in [0.2, 0.25) is 0 Å². The number of aliphatic imine (C=N–C) groups is 2. The molecule has 10 heteroatoms. The van der Waals surface area contributed by atoms with Crippen LogP contribution >= 0.6 is 23.5 Å². The van der Waals surface area contributed by atoms with E-state index in [4.69, 9.17) is 0 Å². The maximum atomic E-state index is 12.7. The number of benzene rings is 2. The first-order chi connectivity index (χ1) is 20.4. The molecule has 3 heterocycles. The van der Waals surface area contributed by atoms with Crippen molar-refractivity contribution in [2.75, 3.05) is 62.2 Å². The number of amidine groups is 2. The van der Waals surface area contributed by atoms with Crippen LogP contribution in [0.5, 0.6) is 0 Å². The van der Waals surface area contributed by atoms with Gasteiger partial charge < -0.3 is 19.6 Å². The van der Waals surface area contributed by atoms with E-state index in [0.29, 0.717) is 36.0 Å². The standard InChI is InChI=1S/C32H38N6O2S2/c1-5-35(6-2)25-13-9-23(10-14-25)21-27-29(39)33-31(41-27)37-17-19-38(20-18-37)32-34-30(40)28(42-32)22-24-11-15-26(16-12-24)36(7-3)8-4/h9-16,21-22H,5-8,17-20H2,1-4H3/b27-21+,28-22+. The molecule has 0 saturated carbocycles. The highest BCUT2D eigenvalue weighted by Crippen LogP contribution is 2.33. The average molecular weight is 603 g/mol. The van der Waals surface area contributed by atoms with Crippen molar-refractivity contribution in [1.29, 1.82) is 0 Å². The van der Waals surface area contributed by atoms with Crippen LogP contribution in [0.15, 0.2) is 68.3 Å². The van der Waals surface area contributed by atoms with Gasteiger partial charge in [0.05, 0.1) is 9.81 Å². The molecule has 0 aliphatic carbocycles. The van der Waals surface area contributed by atoms with Crippen molar-refractivity contribution in [2.24, 2.45) is 9.98 Å². The minimum absolute atomic E-state index is 0.188. The number of carbonyl (C=O) groups is 2. The van der Waals surface area contributed by atoms with Crippen LogP contribution in [0.4, 0.5) is 11.4 Å². The van der Waals surface area contributed by atoms with Gasteiger partial charge in [-0.15, -0.1) is 0 Å². The third-order valence-electron chi connectivity index (χ3n) is 7.68. The van der Waals surface area contributed by atoms with E-state index in [1.54, 1.807) is 0 Å². The van der Waals surface area contributed by atoms with Crippen LogP contribution in [-0.2, 0) is 9.59 Å². The molecular formula is C32H38N6O2S2. The van der Waals surface area contributed by atoms with Crippen LogP contribution < -0.4 is 9.80 Å². The summed E-state index contributed by atoms with van der Waals surface area (Å²) in [5, 5.41) is 1.49. The van der Waals surface area contributed by atoms with E-state index in [-0.39, 0.29) is 11.8 Å². The second kappa shape index (κ2) is 13.6. The number of anilines is 2. The predicted octanol–water partition coefficient (Wildman–Crippen LogP) is 5.64. The third-order valence-corrected chi connectivity index (χ3v) is 9.77. The number of piperazine rings is 1. The molecule has 0 bridgehead atoms. The van der Waals surface area contributed by atoms with Crippen LogP contribution in [0, 0.1) is 0 Å².